The van der Waals surface area contributed by atoms with Crippen molar-refractivity contribution in [1.82, 2.24) is 0 Å². The zero-order chi connectivity index (χ0) is 24.2. The molecule has 0 saturated carbocycles. The Hall–Kier alpha value is -2.14. The molecular formula is C27H33BrFO3-. The van der Waals surface area contributed by atoms with E-state index in [4.69, 9.17) is 4.74 Å². The first kappa shape index (κ1) is 26.1. The fourth-order valence-electron chi connectivity index (χ4n) is 3.96. The molecule has 0 heterocycles. The van der Waals surface area contributed by atoms with Gasteiger partial charge in [-0.2, -0.15) is 0 Å². The molecule has 0 aromatic heterocycles. The van der Waals surface area contributed by atoms with Crippen LogP contribution < -0.4 is 9.84 Å². The molecule has 0 spiro atoms. The monoisotopic (exact) mass is 503 g/mol. The fraction of sp³-hybridized carbons (Fsp3) is 0.444. The summed E-state index contributed by atoms with van der Waals surface area (Å²) < 4.78 is 22.2. The summed E-state index contributed by atoms with van der Waals surface area (Å²) >= 11 is 3.81. The van der Waals surface area contributed by atoms with E-state index in [9.17, 15) is 9.90 Å². The SMILES string of the molecule is CCCOc1c(\C(C)=C(F)/C=C/C(C)=C/C(=O)[O-])cc2c(c1Br)C(C)(C)CC=C2C(C)C. The molecule has 0 aliphatic heterocycles. The first-order valence-corrected chi connectivity index (χ1v) is 11.8. The molecule has 0 N–H and O–H groups in total. The normalized spacial score (nSPS) is 16.7. The van der Waals surface area contributed by atoms with Gasteiger partial charge in [-0.05, 0) is 100 Å². The smallest absolute Gasteiger partial charge is 0.141 e. The number of benzene rings is 1. The van der Waals surface area contributed by atoms with Crippen LogP contribution in [0.5, 0.6) is 5.75 Å². The Morgan fingerprint density at radius 1 is 1.31 bits per heavy atom. The Morgan fingerprint density at radius 3 is 2.53 bits per heavy atom. The molecule has 2 rings (SSSR count). The number of hydrogen-bond donors (Lipinski definition) is 0. The minimum atomic E-state index is -1.31. The van der Waals surface area contributed by atoms with E-state index in [2.05, 4.69) is 49.7 Å². The van der Waals surface area contributed by atoms with Crippen LogP contribution in [0.3, 0.4) is 0 Å². The molecule has 0 bridgehead atoms. The molecule has 3 nitrogen and oxygen atoms in total. The van der Waals surface area contributed by atoms with Crippen molar-refractivity contribution in [2.24, 2.45) is 5.92 Å². The Kier molecular flexibility index (Phi) is 8.69. The van der Waals surface area contributed by atoms with E-state index in [1.807, 2.05) is 13.0 Å². The highest BCUT2D eigenvalue weighted by Gasteiger charge is 2.34. The van der Waals surface area contributed by atoms with Crippen LogP contribution in [0, 0.1) is 5.92 Å². The van der Waals surface area contributed by atoms with Gasteiger partial charge < -0.3 is 14.6 Å². The van der Waals surface area contributed by atoms with E-state index >= 15 is 4.39 Å². The van der Waals surface area contributed by atoms with Gasteiger partial charge in [-0.15, -0.1) is 0 Å². The Bertz CT molecular complexity index is 1010. The van der Waals surface area contributed by atoms with Gasteiger partial charge in [-0.3, -0.25) is 0 Å². The number of carboxylic acid groups (broad SMARTS) is 1. The van der Waals surface area contributed by atoms with E-state index < -0.39 is 11.8 Å². The first-order chi connectivity index (χ1) is 14.9. The predicted molar refractivity (Wildman–Crippen MR) is 132 cm³/mol. The van der Waals surface area contributed by atoms with Crippen molar-refractivity contribution in [3.05, 3.63) is 62.9 Å². The van der Waals surface area contributed by atoms with Crippen molar-refractivity contribution in [3.8, 4) is 5.75 Å². The second kappa shape index (κ2) is 10.7. The zero-order valence-electron chi connectivity index (χ0n) is 20.1. The van der Waals surface area contributed by atoms with Crippen LogP contribution in [0.25, 0.3) is 11.1 Å². The fourth-order valence-corrected chi connectivity index (χ4v) is 5.04. The second-order valence-corrected chi connectivity index (χ2v) is 10.0. The van der Waals surface area contributed by atoms with Gasteiger partial charge in [0, 0.05) is 5.56 Å². The minimum absolute atomic E-state index is 0.0851. The number of ether oxygens (including phenoxy) is 1. The number of aliphatic carboxylic acids is 1. The number of allylic oxidation sites excluding steroid dienone is 7. The van der Waals surface area contributed by atoms with Crippen LogP contribution in [0.4, 0.5) is 4.39 Å². The molecular weight excluding hydrogens is 471 g/mol. The van der Waals surface area contributed by atoms with Crippen molar-refractivity contribution in [1.29, 1.82) is 0 Å². The van der Waals surface area contributed by atoms with E-state index in [1.54, 1.807) is 13.8 Å². The highest BCUT2D eigenvalue weighted by atomic mass is 79.9. The van der Waals surface area contributed by atoms with E-state index in [0.29, 0.717) is 35.0 Å². The largest absolute Gasteiger partial charge is 0.545 e. The number of halogens is 2. The zero-order valence-corrected chi connectivity index (χ0v) is 21.7. The highest BCUT2D eigenvalue weighted by Crippen LogP contribution is 2.50. The third-order valence-electron chi connectivity index (χ3n) is 5.71. The molecule has 1 aliphatic carbocycles. The predicted octanol–water partition coefficient (Wildman–Crippen LogP) is 6.91. The van der Waals surface area contributed by atoms with Gasteiger partial charge in [0.25, 0.3) is 0 Å². The summed E-state index contributed by atoms with van der Waals surface area (Å²) in [5, 5.41) is 10.7. The van der Waals surface area contributed by atoms with Crippen LogP contribution in [0.15, 0.2) is 46.2 Å². The molecule has 0 radical (unpaired) electrons. The summed E-state index contributed by atoms with van der Waals surface area (Å²) in [6.45, 7) is 14.6. The molecule has 0 amide bonds. The van der Waals surface area contributed by atoms with Gasteiger partial charge in [-0.1, -0.05) is 46.8 Å². The van der Waals surface area contributed by atoms with Crippen molar-refractivity contribution >= 4 is 33.0 Å². The second-order valence-electron chi connectivity index (χ2n) is 9.25. The number of carbonyl (C=O) groups is 1. The summed E-state index contributed by atoms with van der Waals surface area (Å²) in [7, 11) is 0. The van der Waals surface area contributed by atoms with E-state index in [-0.39, 0.29) is 5.41 Å². The summed E-state index contributed by atoms with van der Waals surface area (Å²) in [4.78, 5) is 10.7. The molecule has 0 saturated heterocycles. The van der Waals surface area contributed by atoms with Crippen molar-refractivity contribution < 1.29 is 19.0 Å². The lowest BCUT2D eigenvalue weighted by molar-refractivity contribution is -0.297. The number of carbonyl (C=O) groups excluding carboxylic acids is 1. The van der Waals surface area contributed by atoms with Gasteiger partial charge in [0.2, 0.25) is 0 Å². The molecule has 0 unspecified atom stereocenters. The van der Waals surface area contributed by atoms with E-state index in [0.717, 1.165) is 29.0 Å². The van der Waals surface area contributed by atoms with Crippen LogP contribution in [-0.4, -0.2) is 12.6 Å². The maximum Gasteiger partial charge on any atom is 0.141 e. The Morgan fingerprint density at radius 2 is 1.97 bits per heavy atom. The van der Waals surface area contributed by atoms with Crippen LogP contribution >= 0.6 is 15.9 Å². The Balaban J connectivity index is 2.75. The molecule has 32 heavy (non-hydrogen) atoms. The highest BCUT2D eigenvalue weighted by molar-refractivity contribution is 9.10. The maximum atomic E-state index is 15.2. The average Bonchev–Trinajstić information content (AvgIpc) is 2.69. The number of rotatable bonds is 8. The molecule has 174 valence electrons. The topological polar surface area (TPSA) is 49.4 Å². The van der Waals surface area contributed by atoms with Crippen LogP contribution in [0.2, 0.25) is 0 Å². The van der Waals surface area contributed by atoms with Crippen LogP contribution in [0.1, 0.15) is 78.0 Å². The van der Waals surface area contributed by atoms with Crippen LogP contribution in [-0.2, 0) is 10.2 Å². The summed E-state index contributed by atoms with van der Waals surface area (Å²) in [5.41, 5.74) is 4.99. The van der Waals surface area contributed by atoms with Crippen molar-refractivity contribution in [2.75, 3.05) is 6.61 Å². The van der Waals surface area contributed by atoms with Crippen molar-refractivity contribution in [2.45, 2.75) is 66.7 Å². The standard InChI is InChI=1S/C27H34BrFO3/c1-8-13-32-26-20(18(5)22(29)10-9-17(4)14-23(30)31)15-21-19(16(2)3)11-12-27(6,7)24(21)25(26)28/h9-11,14-16H,8,12-13H2,1-7H3,(H,30,31)/p-1/b10-9+,17-14+,22-18+. The minimum Gasteiger partial charge on any atom is -0.545 e. The molecule has 1 aromatic carbocycles. The summed E-state index contributed by atoms with van der Waals surface area (Å²) in [5.74, 6) is -0.780. The third-order valence-corrected chi connectivity index (χ3v) is 6.47. The van der Waals surface area contributed by atoms with Gasteiger partial charge in [0.1, 0.15) is 11.6 Å². The molecule has 0 fully saturated rings. The number of fused-ring (bicyclic) bond motifs is 1. The number of hydrogen-bond acceptors (Lipinski definition) is 3. The quantitative estimate of drug-likeness (QED) is 0.286. The molecule has 1 aromatic rings. The van der Waals surface area contributed by atoms with Gasteiger partial charge in [0.05, 0.1) is 17.0 Å². The van der Waals surface area contributed by atoms with Gasteiger partial charge in [0.15, 0.2) is 0 Å². The Labute approximate surface area is 199 Å². The average molecular weight is 504 g/mol. The first-order valence-electron chi connectivity index (χ1n) is 11.0. The third kappa shape index (κ3) is 5.80. The van der Waals surface area contributed by atoms with E-state index in [1.165, 1.54) is 23.3 Å². The molecule has 0 atom stereocenters. The summed E-state index contributed by atoms with van der Waals surface area (Å²) in [6, 6.07) is 2.05. The summed E-state index contributed by atoms with van der Waals surface area (Å²) in [6.07, 6.45) is 7.70. The van der Waals surface area contributed by atoms with Gasteiger partial charge >= 0.3 is 0 Å². The lowest BCUT2D eigenvalue weighted by Crippen LogP contribution is -2.24. The maximum absolute atomic E-state index is 15.2. The molecule has 5 heteroatoms. The van der Waals surface area contributed by atoms with Gasteiger partial charge in [-0.25, -0.2) is 4.39 Å². The lowest BCUT2D eigenvalue weighted by Gasteiger charge is -2.36. The van der Waals surface area contributed by atoms with Crippen molar-refractivity contribution in [3.63, 3.8) is 0 Å². The molecule has 1 aliphatic rings. The lowest BCUT2D eigenvalue weighted by atomic mass is 9.70. The number of carboxylic acids is 1.